The molecule has 0 saturated heterocycles. The van der Waals surface area contributed by atoms with E-state index in [2.05, 4.69) is 27.6 Å². The van der Waals surface area contributed by atoms with Gasteiger partial charge in [0.25, 0.3) is 5.91 Å². The van der Waals surface area contributed by atoms with Crippen molar-refractivity contribution in [1.82, 2.24) is 14.5 Å². The zero-order valence-electron chi connectivity index (χ0n) is 19.2. The molecule has 1 saturated carbocycles. The lowest BCUT2D eigenvalue weighted by Gasteiger charge is -2.23. The van der Waals surface area contributed by atoms with Crippen molar-refractivity contribution in [2.24, 2.45) is 0 Å². The molecule has 0 spiro atoms. The van der Waals surface area contributed by atoms with Crippen LogP contribution < -0.4 is 5.32 Å². The number of hydrogen-bond acceptors (Lipinski definition) is 6. The van der Waals surface area contributed by atoms with Crippen LogP contribution in [-0.4, -0.2) is 41.9 Å². The van der Waals surface area contributed by atoms with Crippen LogP contribution in [0.1, 0.15) is 60.0 Å². The molecule has 0 aliphatic heterocycles. The number of nitrogens with zero attached hydrogens (tertiary/aromatic N) is 3. The van der Waals surface area contributed by atoms with Crippen LogP contribution in [-0.2, 0) is 22.9 Å². The second kappa shape index (κ2) is 9.31. The molecule has 1 N–H and O–H groups in total. The maximum Gasteiger partial charge on any atom is 0.322 e. The van der Waals surface area contributed by atoms with E-state index < -0.39 is 15.9 Å². The Hall–Kier alpha value is -3.04. The van der Waals surface area contributed by atoms with E-state index in [-0.39, 0.29) is 17.0 Å². The topological polar surface area (TPSA) is 105 Å². The average molecular weight is 481 g/mol. The molecule has 1 heterocycles. The number of carbonyl (C=O) groups is 1. The minimum Gasteiger partial charge on any atom is -0.403 e. The van der Waals surface area contributed by atoms with Gasteiger partial charge in [-0.15, -0.1) is 5.10 Å². The molecule has 2 aliphatic carbocycles. The monoisotopic (exact) mass is 480 g/mol. The van der Waals surface area contributed by atoms with Gasteiger partial charge in [-0.3, -0.25) is 10.1 Å². The van der Waals surface area contributed by atoms with E-state index >= 15 is 0 Å². The lowest BCUT2D eigenvalue weighted by molar-refractivity contribution is 0.102. The fourth-order valence-corrected chi connectivity index (χ4v) is 6.25. The second-order valence-electron chi connectivity index (χ2n) is 9.04. The number of fused-ring (bicyclic) bond motifs is 1. The van der Waals surface area contributed by atoms with E-state index in [1.54, 1.807) is 7.05 Å². The fraction of sp³-hybridized carbons (Fsp3) is 0.400. The van der Waals surface area contributed by atoms with Gasteiger partial charge in [0.2, 0.25) is 15.9 Å². The number of amides is 1. The third-order valence-electron chi connectivity index (χ3n) is 6.87. The van der Waals surface area contributed by atoms with Crippen molar-refractivity contribution in [1.29, 1.82) is 0 Å². The van der Waals surface area contributed by atoms with E-state index in [0.717, 1.165) is 44.1 Å². The molecule has 2 aliphatic rings. The first-order chi connectivity index (χ1) is 16.4. The molecule has 8 nitrogen and oxygen atoms in total. The van der Waals surface area contributed by atoms with Gasteiger partial charge in [-0.2, -0.15) is 4.31 Å². The van der Waals surface area contributed by atoms with E-state index in [0.29, 0.717) is 11.5 Å². The van der Waals surface area contributed by atoms with Crippen molar-refractivity contribution < 1.29 is 17.6 Å². The van der Waals surface area contributed by atoms with E-state index in [4.69, 9.17) is 4.42 Å². The van der Waals surface area contributed by atoms with Crippen LogP contribution in [0.5, 0.6) is 0 Å². The van der Waals surface area contributed by atoms with E-state index in [9.17, 15) is 13.2 Å². The quantitative estimate of drug-likeness (QED) is 0.560. The van der Waals surface area contributed by atoms with Crippen LogP contribution in [0.3, 0.4) is 0 Å². The molecule has 2 aromatic carbocycles. The smallest absolute Gasteiger partial charge is 0.322 e. The van der Waals surface area contributed by atoms with Crippen molar-refractivity contribution in [3.8, 4) is 11.5 Å². The minimum atomic E-state index is -3.60. The fourth-order valence-electron chi connectivity index (χ4n) is 4.83. The zero-order chi connectivity index (χ0) is 23.7. The number of aryl methyl sites for hydroxylation is 2. The number of nitrogens with one attached hydrogen (secondary N) is 1. The molecule has 0 bridgehead atoms. The highest BCUT2D eigenvalue weighted by atomic mass is 32.2. The summed E-state index contributed by atoms with van der Waals surface area (Å²) >= 11 is 0. The predicted octanol–water partition coefficient (Wildman–Crippen LogP) is 4.43. The lowest BCUT2D eigenvalue weighted by atomic mass is 9.90. The Bertz CT molecular complexity index is 1290. The Morgan fingerprint density at radius 3 is 2.41 bits per heavy atom. The van der Waals surface area contributed by atoms with Gasteiger partial charge in [-0.1, -0.05) is 24.0 Å². The summed E-state index contributed by atoms with van der Waals surface area (Å²) in [5.41, 5.74) is 3.80. The maximum absolute atomic E-state index is 12.9. The highest BCUT2D eigenvalue weighted by molar-refractivity contribution is 7.89. The molecule has 0 atom stereocenters. The SMILES string of the molecule is CN(C1CCCC1)S(=O)(=O)c1ccc(C(=O)Nc2nnc(-c3ccc4c(c3)CCCC4)o2)cc1. The molecule has 9 heteroatoms. The van der Waals surface area contributed by atoms with Gasteiger partial charge in [0.05, 0.1) is 4.90 Å². The van der Waals surface area contributed by atoms with Crippen molar-refractivity contribution >= 4 is 21.9 Å². The standard InChI is InChI=1S/C25H28N4O4S/c1-29(21-8-4-5-9-21)34(31,32)22-14-12-18(13-15-22)23(30)26-25-28-27-24(33-25)20-11-10-17-6-2-3-7-19(17)16-20/h10-16,21H,2-9H2,1H3,(H,26,28,30). The first-order valence-electron chi connectivity index (χ1n) is 11.8. The summed E-state index contributed by atoms with van der Waals surface area (Å²) in [5.74, 6) is -0.103. The Labute approximate surface area is 199 Å². The van der Waals surface area contributed by atoms with Crippen molar-refractivity contribution in [3.05, 3.63) is 59.2 Å². The largest absolute Gasteiger partial charge is 0.403 e. The lowest BCUT2D eigenvalue weighted by Crippen LogP contribution is -2.35. The summed E-state index contributed by atoms with van der Waals surface area (Å²) in [6, 6.07) is 12.1. The molecular formula is C25H28N4O4S. The Morgan fingerprint density at radius 2 is 1.68 bits per heavy atom. The number of carbonyl (C=O) groups excluding carboxylic acids is 1. The molecule has 178 valence electrons. The number of anilines is 1. The molecule has 0 radical (unpaired) electrons. The highest BCUT2D eigenvalue weighted by Gasteiger charge is 2.30. The van der Waals surface area contributed by atoms with Gasteiger partial charge >= 0.3 is 6.01 Å². The first-order valence-corrected chi connectivity index (χ1v) is 13.2. The van der Waals surface area contributed by atoms with Crippen LogP contribution in [0, 0.1) is 0 Å². The predicted molar refractivity (Wildman–Crippen MR) is 128 cm³/mol. The molecule has 1 aromatic heterocycles. The van der Waals surface area contributed by atoms with Gasteiger partial charge in [0.15, 0.2) is 0 Å². The van der Waals surface area contributed by atoms with Crippen LogP contribution in [0.15, 0.2) is 51.8 Å². The first kappa shape index (κ1) is 22.7. The normalized spacial score (nSPS) is 16.5. The molecule has 34 heavy (non-hydrogen) atoms. The number of hydrogen-bond donors (Lipinski definition) is 1. The molecule has 0 unspecified atom stereocenters. The Kier molecular flexibility index (Phi) is 6.22. The summed E-state index contributed by atoms with van der Waals surface area (Å²) in [5, 5.41) is 10.6. The summed E-state index contributed by atoms with van der Waals surface area (Å²) < 4.78 is 32.9. The Morgan fingerprint density at radius 1 is 0.971 bits per heavy atom. The number of sulfonamides is 1. The van der Waals surface area contributed by atoms with Crippen molar-refractivity contribution in [3.63, 3.8) is 0 Å². The zero-order valence-corrected chi connectivity index (χ0v) is 20.0. The van der Waals surface area contributed by atoms with Crippen LogP contribution in [0.25, 0.3) is 11.5 Å². The number of benzene rings is 2. The molecule has 1 fully saturated rings. The average Bonchev–Trinajstić information content (AvgIpc) is 3.56. The van der Waals surface area contributed by atoms with E-state index in [1.807, 2.05) is 6.07 Å². The van der Waals surface area contributed by atoms with Crippen LogP contribution >= 0.6 is 0 Å². The molecule has 5 rings (SSSR count). The minimum absolute atomic E-state index is 0.00427. The van der Waals surface area contributed by atoms with Gasteiger partial charge < -0.3 is 4.42 Å². The van der Waals surface area contributed by atoms with Crippen molar-refractivity contribution in [2.45, 2.75) is 62.3 Å². The maximum atomic E-state index is 12.9. The third kappa shape index (κ3) is 4.50. The van der Waals surface area contributed by atoms with Crippen molar-refractivity contribution in [2.75, 3.05) is 12.4 Å². The summed E-state index contributed by atoms with van der Waals surface area (Å²) in [6.45, 7) is 0. The van der Waals surface area contributed by atoms with Gasteiger partial charge in [-0.05, 0) is 86.1 Å². The van der Waals surface area contributed by atoms with Gasteiger partial charge in [0, 0.05) is 24.2 Å². The third-order valence-corrected chi connectivity index (χ3v) is 8.80. The molecular weight excluding hydrogens is 452 g/mol. The second-order valence-corrected chi connectivity index (χ2v) is 11.0. The number of aromatic nitrogens is 2. The Balaban J connectivity index is 1.27. The van der Waals surface area contributed by atoms with Gasteiger partial charge in [-0.25, -0.2) is 8.42 Å². The molecule has 1 amide bonds. The highest BCUT2D eigenvalue weighted by Crippen LogP contribution is 2.29. The van der Waals surface area contributed by atoms with E-state index in [1.165, 1.54) is 52.5 Å². The summed E-state index contributed by atoms with van der Waals surface area (Å²) in [6.07, 6.45) is 8.40. The molecule has 3 aromatic rings. The summed E-state index contributed by atoms with van der Waals surface area (Å²) in [4.78, 5) is 12.8. The number of rotatable bonds is 6. The van der Waals surface area contributed by atoms with Crippen LogP contribution in [0.4, 0.5) is 6.01 Å². The summed E-state index contributed by atoms with van der Waals surface area (Å²) in [7, 11) is -1.97. The van der Waals surface area contributed by atoms with Crippen LogP contribution in [0.2, 0.25) is 0 Å². The van der Waals surface area contributed by atoms with Gasteiger partial charge in [0.1, 0.15) is 0 Å².